The summed E-state index contributed by atoms with van der Waals surface area (Å²) in [5.74, 6) is 0. The van der Waals surface area contributed by atoms with E-state index in [0.717, 1.165) is 17.1 Å². The van der Waals surface area contributed by atoms with Crippen LogP contribution >= 0.6 is 22.7 Å². The van der Waals surface area contributed by atoms with Crippen molar-refractivity contribution in [1.29, 1.82) is 0 Å². The largest absolute Gasteiger partial charge is 0.428 e. The van der Waals surface area contributed by atoms with Crippen LogP contribution in [0.3, 0.4) is 0 Å². The molecule has 0 fully saturated rings. The molecular formula is C12H18OS2Si. The van der Waals surface area contributed by atoms with Crippen LogP contribution in [0.15, 0.2) is 17.5 Å². The van der Waals surface area contributed by atoms with Gasteiger partial charge in [-0.1, -0.05) is 12.8 Å². The zero-order valence-corrected chi connectivity index (χ0v) is 13.3. The summed E-state index contributed by atoms with van der Waals surface area (Å²) in [6.45, 7) is 0.973. The fourth-order valence-electron chi connectivity index (χ4n) is 1.84. The Morgan fingerprint density at radius 3 is 2.81 bits per heavy atom. The lowest BCUT2D eigenvalue weighted by Gasteiger charge is -1.99. The van der Waals surface area contributed by atoms with E-state index in [0.29, 0.717) is 0 Å². The van der Waals surface area contributed by atoms with Crippen molar-refractivity contribution in [3.63, 3.8) is 0 Å². The quantitative estimate of drug-likeness (QED) is 0.554. The Bertz CT molecular complexity index is 393. The third-order valence-corrected chi connectivity index (χ3v) is 5.27. The molecule has 0 radical (unpaired) electrons. The van der Waals surface area contributed by atoms with Gasteiger partial charge in [-0.15, -0.1) is 22.7 Å². The fourth-order valence-corrected chi connectivity index (χ4v) is 4.30. The second-order valence-electron chi connectivity index (χ2n) is 4.02. The Hall–Kier alpha value is -0.163. The Balaban J connectivity index is 1.68. The number of aryl methyl sites for hydroxylation is 1. The van der Waals surface area contributed by atoms with Gasteiger partial charge in [0.05, 0.1) is 0 Å². The van der Waals surface area contributed by atoms with Crippen molar-refractivity contribution in [3.8, 4) is 0 Å². The number of unbranched alkanes of at least 4 members (excludes halogenated alkanes) is 3. The molecule has 0 bridgehead atoms. The highest BCUT2D eigenvalue weighted by atomic mass is 32.1. The van der Waals surface area contributed by atoms with Gasteiger partial charge in [0.25, 0.3) is 0 Å². The first-order valence-corrected chi connectivity index (χ1v) is 8.36. The van der Waals surface area contributed by atoms with Crippen LogP contribution in [-0.2, 0) is 10.8 Å². The SMILES string of the molecule is [SiH3]OCCCCCCc1cc2sccc2s1. The van der Waals surface area contributed by atoms with Crippen molar-refractivity contribution >= 4 is 42.6 Å². The summed E-state index contributed by atoms with van der Waals surface area (Å²) in [4.78, 5) is 1.56. The zero-order valence-electron chi connectivity index (χ0n) is 9.70. The van der Waals surface area contributed by atoms with E-state index in [-0.39, 0.29) is 0 Å². The Morgan fingerprint density at radius 1 is 1.12 bits per heavy atom. The average molecular weight is 270 g/mol. The monoisotopic (exact) mass is 270 g/mol. The Morgan fingerprint density at radius 2 is 2.00 bits per heavy atom. The summed E-state index contributed by atoms with van der Waals surface area (Å²) in [5, 5.41) is 2.18. The molecule has 0 atom stereocenters. The van der Waals surface area contributed by atoms with Crippen molar-refractivity contribution < 1.29 is 4.43 Å². The first-order chi connectivity index (χ1) is 7.90. The molecule has 0 saturated carbocycles. The van der Waals surface area contributed by atoms with Crippen LogP contribution in [0.5, 0.6) is 0 Å². The average Bonchev–Trinajstić information content (AvgIpc) is 2.83. The van der Waals surface area contributed by atoms with Gasteiger partial charge in [0.2, 0.25) is 0 Å². The minimum absolute atomic E-state index is 0.889. The van der Waals surface area contributed by atoms with Crippen molar-refractivity contribution in [2.24, 2.45) is 0 Å². The van der Waals surface area contributed by atoms with E-state index in [2.05, 4.69) is 17.5 Å². The van der Waals surface area contributed by atoms with Crippen molar-refractivity contribution in [1.82, 2.24) is 0 Å². The maximum atomic E-state index is 5.18. The van der Waals surface area contributed by atoms with Crippen LogP contribution in [0.1, 0.15) is 30.6 Å². The van der Waals surface area contributed by atoms with Gasteiger partial charge in [-0.3, -0.25) is 0 Å². The van der Waals surface area contributed by atoms with Crippen LogP contribution < -0.4 is 0 Å². The van der Waals surface area contributed by atoms with Gasteiger partial charge in [0, 0.05) is 20.9 Å². The summed E-state index contributed by atoms with van der Waals surface area (Å²) in [7, 11) is 0.889. The lowest BCUT2D eigenvalue weighted by Crippen LogP contribution is -1.90. The summed E-state index contributed by atoms with van der Waals surface area (Å²) in [5.41, 5.74) is 0. The highest BCUT2D eigenvalue weighted by Crippen LogP contribution is 2.30. The number of fused-ring (bicyclic) bond motifs is 1. The maximum absolute atomic E-state index is 5.18. The molecule has 0 aromatic carbocycles. The van der Waals surface area contributed by atoms with Gasteiger partial charge in [0.15, 0.2) is 0 Å². The van der Waals surface area contributed by atoms with E-state index in [1.165, 1.54) is 41.5 Å². The van der Waals surface area contributed by atoms with Gasteiger partial charge in [-0.2, -0.15) is 0 Å². The van der Waals surface area contributed by atoms with Crippen molar-refractivity contribution in [3.05, 3.63) is 22.4 Å². The van der Waals surface area contributed by atoms with Crippen LogP contribution in [0, 0.1) is 0 Å². The van der Waals surface area contributed by atoms with E-state index in [1.807, 2.05) is 22.7 Å². The molecule has 0 saturated heterocycles. The smallest absolute Gasteiger partial charge is 0.145 e. The highest BCUT2D eigenvalue weighted by Gasteiger charge is 2.02. The van der Waals surface area contributed by atoms with E-state index in [1.54, 1.807) is 4.88 Å². The molecular weight excluding hydrogens is 252 g/mol. The van der Waals surface area contributed by atoms with Crippen LogP contribution in [0.4, 0.5) is 0 Å². The molecule has 1 nitrogen and oxygen atoms in total. The summed E-state index contributed by atoms with van der Waals surface area (Å²) >= 11 is 3.82. The molecule has 4 heteroatoms. The summed E-state index contributed by atoms with van der Waals surface area (Å²) in [6, 6.07) is 4.60. The minimum Gasteiger partial charge on any atom is -0.428 e. The van der Waals surface area contributed by atoms with Crippen molar-refractivity contribution in [2.45, 2.75) is 32.1 Å². The zero-order chi connectivity index (χ0) is 11.2. The maximum Gasteiger partial charge on any atom is 0.145 e. The second-order valence-corrected chi connectivity index (χ2v) is 6.71. The molecule has 0 amide bonds. The van der Waals surface area contributed by atoms with Gasteiger partial charge in [-0.05, 0) is 36.8 Å². The lowest BCUT2D eigenvalue weighted by atomic mass is 10.1. The molecule has 0 aliphatic carbocycles. The topological polar surface area (TPSA) is 9.23 Å². The Labute approximate surface area is 108 Å². The number of rotatable bonds is 7. The number of thiophene rings is 2. The van der Waals surface area contributed by atoms with Crippen molar-refractivity contribution in [2.75, 3.05) is 6.61 Å². The third-order valence-electron chi connectivity index (χ3n) is 2.71. The second kappa shape index (κ2) is 6.54. The molecule has 16 heavy (non-hydrogen) atoms. The molecule has 2 heterocycles. The van der Waals surface area contributed by atoms with Crippen LogP contribution in [0.25, 0.3) is 9.40 Å². The molecule has 88 valence electrons. The van der Waals surface area contributed by atoms with Gasteiger partial charge >= 0.3 is 0 Å². The lowest BCUT2D eigenvalue weighted by molar-refractivity contribution is 0.333. The van der Waals surface area contributed by atoms with Crippen LogP contribution in [-0.4, -0.2) is 17.1 Å². The van der Waals surface area contributed by atoms with E-state index < -0.39 is 0 Å². The predicted molar refractivity (Wildman–Crippen MR) is 77.8 cm³/mol. The molecule has 0 aliphatic heterocycles. The third kappa shape index (κ3) is 3.42. The van der Waals surface area contributed by atoms with Gasteiger partial charge in [0.1, 0.15) is 10.5 Å². The summed E-state index contributed by atoms with van der Waals surface area (Å²) in [6.07, 6.45) is 6.49. The molecule has 0 aliphatic rings. The van der Waals surface area contributed by atoms with E-state index in [4.69, 9.17) is 4.43 Å². The Kier molecular flexibility index (Phi) is 5.03. The fraction of sp³-hybridized carbons (Fsp3) is 0.500. The summed E-state index contributed by atoms with van der Waals surface area (Å²) < 4.78 is 8.10. The van der Waals surface area contributed by atoms with E-state index >= 15 is 0 Å². The first kappa shape index (κ1) is 12.3. The normalized spacial score (nSPS) is 11.5. The molecule has 2 aromatic rings. The first-order valence-electron chi connectivity index (χ1n) is 5.85. The molecule has 2 aromatic heterocycles. The predicted octanol–water partition coefficient (Wildman–Crippen LogP) is 3.36. The van der Waals surface area contributed by atoms with Gasteiger partial charge < -0.3 is 4.43 Å². The number of hydrogen-bond donors (Lipinski definition) is 0. The minimum atomic E-state index is 0.889. The molecule has 2 rings (SSSR count). The molecule has 0 N–H and O–H groups in total. The standard InChI is InChI=1S/C12H18OS2Si/c16-13-7-4-2-1-3-5-10-9-12-11(15-10)6-8-14-12/h6,8-9H,1-5,7H2,16H3. The van der Waals surface area contributed by atoms with E-state index in [9.17, 15) is 0 Å². The number of hydrogen-bond acceptors (Lipinski definition) is 3. The molecule has 0 spiro atoms. The molecule has 0 unspecified atom stereocenters. The van der Waals surface area contributed by atoms with Gasteiger partial charge in [-0.25, -0.2) is 0 Å². The highest BCUT2D eigenvalue weighted by molar-refractivity contribution is 7.26. The van der Waals surface area contributed by atoms with Crippen LogP contribution in [0.2, 0.25) is 0 Å².